The highest BCUT2D eigenvalue weighted by atomic mass is 16.5. The summed E-state index contributed by atoms with van der Waals surface area (Å²) in [6.45, 7) is 8.58. The van der Waals surface area contributed by atoms with Gasteiger partial charge in [-0.05, 0) is 29.5 Å². The van der Waals surface area contributed by atoms with Crippen molar-refractivity contribution in [2.24, 2.45) is 0 Å². The fourth-order valence-electron chi connectivity index (χ4n) is 1.75. The van der Waals surface area contributed by atoms with Crippen LogP contribution in [0.4, 0.5) is 5.82 Å². The van der Waals surface area contributed by atoms with Crippen LogP contribution >= 0.6 is 0 Å². The van der Waals surface area contributed by atoms with Crippen molar-refractivity contribution >= 4 is 5.82 Å². The number of ether oxygens (including phenoxy) is 1. The molecule has 0 unspecified atom stereocenters. The molecule has 100 valence electrons. The Bertz CT molecular complexity index is 588. The van der Waals surface area contributed by atoms with Crippen molar-refractivity contribution in [1.29, 1.82) is 0 Å². The van der Waals surface area contributed by atoms with E-state index < -0.39 is 0 Å². The molecule has 4 nitrogen and oxygen atoms in total. The van der Waals surface area contributed by atoms with Crippen LogP contribution in [0, 0.1) is 6.92 Å². The van der Waals surface area contributed by atoms with Gasteiger partial charge >= 0.3 is 0 Å². The van der Waals surface area contributed by atoms with Crippen LogP contribution < -0.4 is 10.5 Å². The lowest BCUT2D eigenvalue weighted by molar-refractivity contribution is 0.456. The molecule has 2 N–H and O–H groups in total. The molecular formula is C15H19N3O. The van der Waals surface area contributed by atoms with E-state index in [1.54, 1.807) is 6.20 Å². The van der Waals surface area contributed by atoms with Crippen molar-refractivity contribution in [2.45, 2.75) is 33.1 Å². The highest BCUT2D eigenvalue weighted by Gasteiger charge is 2.15. The number of rotatable bonds is 2. The lowest BCUT2D eigenvalue weighted by Gasteiger charge is -2.20. The monoisotopic (exact) mass is 257 g/mol. The molecule has 1 aromatic carbocycles. The molecular weight excluding hydrogens is 238 g/mol. The summed E-state index contributed by atoms with van der Waals surface area (Å²) in [5.74, 6) is 1.53. The molecule has 19 heavy (non-hydrogen) atoms. The molecule has 0 atom stereocenters. The average Bonchev–Trinajstić information content (AvgIpc) is 2.30. The maximum Gasteiger partial charge on any atom is 0.239 e. The number of aromatic nitrogens is 2. The van der Waals surface area contributed by atoms with E-state index in [4.69, 9.17) is 10.5 Å². The van der Waals surface area contributed by atoms with E-state index in [-0.39, 0.29) is 5.41 Å². The SMILES string of the molecule is Cc1cc(C(C)(C)C)ccc1Oc1cncc(N)n1. The topological polar surface area (TPSA) is 61.0 Å². The largest absolute Gasteiger partial charge is 0.437 e. The normalized spacial score (nSPS) is 11.4. The smallest absolute Gasteiger partial charge is 0.239 e. The van der Waals surface area contributed by atoms with E-state index in [9.17, 15) is 0 Å². The van der Waals surface area contributed by atoms with Crippen LogP contribution in [0.2, 0.25) is 0 Å². The number of benzene rings is 1. The second-order valence-corrected chi connectivity index (χ2v) is 5.61. The Balaban J connectivity index is 2.27. The lowest BCUT2D eigenvalue weighted by atomic mass is 9.86. The molecule has 0 saturated heterocycles. The van der Waals surface area contributed by atoms with Crippen molar-refractivity contribution in [3.05, 3.63) is 41.7 Å². The molecule has 0 saturated carbocycles. The van der Waals surface area contributed by atoms with Gasteiger partial charge in [0.1, 0.15) is 11.6 Å². The zero-order valence-electron chi connectivity index (χ0n) is 11.8. The molecule has 1 heterocycles. The zero-order chi connectivity index (χ0) is 14.0. The van der Waals surface area contributed by atoms with E-state index >= 15 is 0 Å². The number of hydrogen-bond donors (Lipinski definition) is 1. The minimum absolute atomic E-state index is 0.125. The highest BCUT2D eigenvalue weighted by Crippen LogP contribution is 2.29. The van der Waals surface area contributed by atoms with Crippen molar-refractivity contribution in [3.63, 3.8) is 0 Å². The average molecular weight is 257 g/mol. The minimum Gasteiger partial charge on any atom is -0.437 e. The summed E-state index contributed by atoms with van der Waals surface area (Å²) < 4.78 is 5.70. The number of nitrogens with two attached hydrogens (primary N) is 1. The first-order valence-corrected chi connectivity index (χ1v) is 6.23. The third-order valence-corrected chi connectivity index (χ3v) is 2.89. The fraction of sp³-hybridized carbons (Fsp3) is 0.333. The quantitative estimate of drug-likeness (QED) is 0.895. The molecule has 0 fully saturated rings. The van der Waals surface area contributed by atoms with Crippen molar-refractivity contribution in [2.75, 3.05) is 5.73 Å². The van der Waals surface area contributed by atoms with Crippen LogP contribution in [0.15, 0.2) is 30.6 Å². The van der Waals surface area contributed by atoms with Gasteiger partial charge in [-0.3, -0.25) is 4.98 Å². The summed E-state index contributed by atoms with van der Waals surface area (Å²) >= 11 is 0. The summed E-state index contributed by atoms with van der Waals surface area (Å²) in [6.07, 6.45) is 3.04. The minimum atomic E-state index is 0.125. The van der Waals surface area contributed by atoms with Crippen LogP contribution in [-0.4, -0.2) is 9.97 Å². The Morgan fingerprint density at radius 3 is 2.47 bits per heavy atom. The van der Waals surface area contributed by atoms with Gasteiger partial charge in [-0.2, -0.15) is 4.98 Å². The summed E-state index contributed by atoms with van der Waals surface area (Å²) in [5.41, 5.74) is 8.04. The molecule has 2 rings (SSSR count). The third kappa shape index (κ3) is 3.22. The Hall–Kier alpha value is -2.10. The van der Waals surface area contributed by atoms with Crippen LogP contribution in [0.1, 0.15) is 31.9 Å². The number of aryl methyl sites for hydroxylation is 1. The standard InChI is InChI=1S/C15H19N3O/c1-10-7-11(15(2,3)4)5-6-12(10)19-14-9-17-8-13(16)18-14/h5-9H,1-4H3,(H2,16,18). The van der Waals surface area contributed by atoms with Crippen LogP contribution in [0.5, 0.6) is 11.6 Å². The van der Waals surface area contributed by atoms with Gasteiger partial charge in [-0.25, -0.2) is 0 Å². The molecule has 4 heteroatoms. The molecule has 0 amide bonds. The Kier molecular flexibility index (Phi) is 3.42. The van der Waals surface area contributed by atoms with E-state index in [1.165, 1.54) is 11.8 Å². The van der Waals surface area contributed by atoms with E-state index in [2.05, 4.69) is 42.9 Å². The zero-order valence-corrected chi connectivity index (χ0v) is 11.8. The summed E-state index contributed by atoms with van der Waals surface area (Å²) in [6, 6.07) is 6.16. The summed E-state index contributed by atoms with van der Waals surface area (Å²) in [5, 5.41) is 0. The van der Waals surface area contributed by atoms with Crippen molar-refractivity contribution in [1.82, 2.24) is 9.97 Å². The molecule has 0 aliphatic heterocycles. The summed E-state index contributed by atoms with van der Waals surface area (Å²) in [4.78, 5) is 8.03. The van der Waals surface area contributed by atoms with Crippen LogP contribution in [-0.2, 0) is 5.41 Å². The number of hydrogen-bond acceptors (Lipinski definition) is 4. The fourth-order valence-corrected chi connectivity index (χ4v) is 1.75. The van der Waals surface area contributed by atoms with Gasteiger partial charge in [-0.1, -0.05) is 32.9 Å². The number of nitrogens with zero attached hydrogens (tertiary/aromatic N) is 2. The number of anilines is 1. The lowest BCUT2D eigenvalue weighted by Crippen LogP contribution is -2.11. The van der Waals surface area contributed by atoms with Gasteiger partial charge in [0.2, 0.25) is 5.88 Å². The molecule has 0 aliphatic carbocycles. The first kappa shape index (κ1) is 13.3. The molecule has 0 spiro atoms. The highest BCUT2D eigenvalue weighted by molar-refractivity contribution is 5.40. The first-order valence-electron chi connectivity index (χ1n) is 6.23. The van der Waals surface area contributed by atoms with Gasteiger partial charge in [0, 0.05) is 0 Å². The second-order valence-electron chi connectivity index (χ2n) is 5.61. The first-order chi connectivity index (χ1) is 8.86. The van der Waals surface area contributed by atoms with Gasteiger partial charge in [0.25, 0.3) is 0 Å². The van der Waals surface area contributed by atoms with E-state index in [1.807, 2.05) is 13.0 Å². The van der Waals surface area contributed by atoms with Crippen molar-refractivity contribution in [3.8, 4) is 11.6 Å². The molecule has 0 radical (unpaired) electrons. The van der Waals surface area contributed by atoms with Crippen LogP contribution in [0.3, 0.4) is 0 Å². The molecule has 2 aromatic rings. The Morgan fingerprint density at radius 2 is 1.89 bits per heavy atom. The van der Waals surface area contributed by atoms with E-state index in [0.29, 0.717) is 11.7 Å². The third-order valence-electron chi connectivity index (χ3n) is 2.89. The van der Waals surface area contributed by atoms with Gasteiger partial charge in [0.05, 0.1) is 12.4 Å². The summed E-state index contributed by atoms with van der Waals surface area (Å²) in [7, 11) is 0. The molecule has 0 bridgehead atoms. The predicted octanol–water partition coefficient (Wildman–Crippen LogP) is 3.46. The molecule has 1 aromatic heterocycles. The maximum absolute atomic E-state index is 5.70. The maximum atomic E-state index is 5.70. The second kappa shape index (κ2) is 4.88. The predicted molar refractivity (Wildman–Crippen MR) is 76.4 cm³/mol. The van der Waals surface area contributed by atoms with Crippen LogP contribution in [0.25, 0.3) is 0 Å². The van der Waals surface area contributed by atoms with Gasteiger partial charge in [0.15, 0.2) is 0 Å². The number of nitrogen functional groups attached to an aromatic ring is 1. The Labute approximate surface area is 113 Å². The van der Waals surface area contributed by atoms with Gasteiger partial charge < -0.3 is 10.5 Å². The van der Waals surface area contributed by atoms with E-state index in [0.717, 1.165) is 11.3 Å². The molecule has 0 aliphatic rings. The Morgan fingerprint density at radius 1 is 1.16 bits per heavy atom. The van der Waals surface area contributed by atoms with Gasteiger partial charge in [-0.15, -0.1) is 0 Å². The van der Waals surface area contributed by atoms with Crippen molar-refractivity contribution < 1.29 is 4.74 Å².